The van der Waals surface area contributed by atoms with Gasteiger partial charge >= 0.3 is 5.00 Å². The lowest BCUT2D eigenvalue weighted by Crippen LogP contribution is -2.50. The molecule has 0 bridgehead atoms. The number of anilines is 2. The first-order valence-corrected chi connectivity index (χ1v) is 10.6. The van der Waals surface area contributed by atoms with Gasteiger partial charge in [-0.3, -0.25) is 19.7 Å². The zero-order valence-electron chi connectivity index (χ0n) is 16.6. The van der Waals surface area contributed by atoms with E-state index in [1.54, 1.807) is 15.9 Å². The molecule has 1 N–H and O–H groups in total. The first-order valence-electron chi connectivity index (χ1n) is 9.77. The maximum atomic E-state index is 13.1. The third-order valence-electron chi connectivity index (χ3n) is 5.05. The number of carbonyl (C=O) groups excluding carboxylic acids is 2. The van der Waals surface area contributed by atoms with Gasteiger partial charge < -0.3 is 15.1 Å². The topological polar surface area (TPSA) is 95.8 Å². The molecule has 0 radical (unpaired) electrons. The van der Waals surface area contributed by atoms with Gasteiger partial charge in [-0.25, -0.2) is 0 Å². The van der Waals surface area contributed by atoms with Gasteiger partial charge in [0.05, 0.1) is 21.1 Å². The number of nitro groups is 1. The van der Waals surface area contributed by atoms with Crippen LogP contribution in [0.1, 0.15) is 20.0 Å². The molecule has 2 heterocycles. The van der Waals surface area contributed by atoms with E-state index < -0.39 is 4.92 Å². The number of para-hydroxylation sites is 2. The van der Waals surface area contributed by atoms with E-state index in [4.69, 9.17) is 0 Å². The van der Waals surface area contributed by atoms with Crippen molar-refractivity contribution in [3.05, 3.63) is 87.3 Å². The average molecular weight is 436 g/mol. The predicted octanol–water partition coefficient (Wildman–Crippen LogP) is 4.00. The van der Waals surface area contributed by atoms with E-state index >= 15 is 0 Å². The Morgan fingerprint density at radius 3 is 2.10 bits per heavy atom. The van der Waals surface area contributed by atoms with E-state index in [2.05, 4.69) is 5.32 Å². The second kappa shape index (κ2) is 8.97. The van der Waals surface area contributed by atoms with Crippen LogP contribution in [0.25, 0.3) is 0 Å². The molecule has 8 nitrogen and oxygen atoms in total. The van der Waals surface area contributed by atoms with Gasteiger partial charge in [0.25, 0.3) is 11.8 Å². The molecule has 3 aromatic rings. The summed E-state index contributed by atoms with van der Waals surface area (Å²) in [6, 6.07) is 19.8. The van der Waals surface area contributed by atoms with Crippen molar-refractivity contribution < 1.29 is 14.5 Å². The minimum atomic E-state index is -0.501. The molecular formula is C22H20N4O4S. The van der Waals surface area contributed by atoms with Crippen molar-refractivity contribution in [2.45, 2.75) is 0 Å². The Balaban J connectivity index is 1.41. The molecule has 9 heteroatoms. The van der Waals surface area contributed by atoms with Gasteiger partial charge in [0.1, 0.15) is 0 Å². The lowest BCUT2D eigenvalue weighted by Gasteiger charge is -2.34. The van der Waals surface area contributed by atoms with E-state index in [1.807, 2.05) is 48.5 Å². The number of rotatable bonds is 5. The van der Waals surface area contributed by atoms with Gasteiger partial charge in [-0.1, -0.05) is 41.7 Å². The van der Waals surface area contributed by atoms with E-state index in [1.165, 1.54) is 12.1 Å². The van der Waals surface area contributed by atoms with Crippen molar-refractivity contribution in [3.8, 4) is 0 Å². The van der Waals surface area contributed by atoms with E-state index in [0.717, 1.165) is 22.7 Å². The molecule has 0 saturated carbocycles. The number of nitrogens with zero attached hydrogens (tertiary/aromatic N) is 3. The van der Waals surface area contributed by atoms with Gasteiger partial charge in [0.15, 0.2) is 0 Å². The van der Waals surface area contributed by atoms with Crippen LogP contribution in [-0.4, -0.2) is 52.7 Å². The summed E-state index contributed by atoms with van der Waals surface area (Å²) >= 11 is 0.870. The number of carbonyl (C=O) groups is 2. The van der Waals surface area contributed by atoms with Crippen LogP contribution in [-0.2, 0) is 0 Å². The minimum Gasteiger partial charge on any atom is -0.355 e. The number of amides is 2. The summed E-state index contributed by atoms with van der Waals surface area (Å²) in [5.41, 5.74) is 2.19. The Labute approximate surface area is 182 Å². The Hall–Kier alpha value is -3.72. The molecule has 31 heavy (non-hydrogen) atoms. The van der Waals surface area contributed by atoms with Crippen LogP contribution in [0.3, 0.4) is 0 Å². The number of thiophene rings is 1. The van der Waals surface area contributed by atoms with Crippen molar-refractivity contribution >= 4 is 39.5 Å². The standard InChI is InChI=1S/C22H20N4O4S/c27-21(17-8-4-5-9-18(17)23-16-6-2-1-3-7-16)24-12-14-25(15-13-24)22(28)19-10-11-20(31-19)26(29)30/h1-11,23H,12-15H2. The van der Waals surface area contributed by atoms with Crippen molar-refractivity contribution in [2.75, 3.05) is 31.5 Å². The highest BCUT2D eigenvalue weighted by atomic mass is 32.1. The molecule has 1 aliphatic heterocycles. The summed E-state index contributed by atoms with van der Waals surface area (Å²) in [6.45, 7) is 1.56. The molecule has 1 saturated heterocycles. The smallest absolute Gasteiger partial charge is 0.324 e. The summed E-state index contributed by atoms with van der Waals surface area (Å²) in [5, 5.41) is 14.1. The van der Waals surface area contributed by atoms with Crippen LogP contribution in [0.5, 0.6) is 0 Å². The summed E-state index contributed by atoms with van der Waals surface area (Å²) in [5.74, 6) is -0.339. The third kappa shape index (κ3) is 4.56. The largest absolute Gasteiger partial charge is 0.355 e. The molecule has 0 atom stereocenters. The van der Waals surface area contributed by atoms with Crippen molar-refractivity contribution in [2.24, 2.45) is 0 Å². The summed E-state index contributed by atoms with van der Waals surface area (Å²) in [4.78, 5) is 39.8. The molecular weight excluding hydrogens is 416 g/mol. The number of piperazine rings is 1. The lowest BCUT2D eigenvalue weighted by molar-refractivity contribution is -0.380. The first kappa shape index (κ1) is 20.5. The molecule has 1 aromatic heterocycles. The second-order valence-electron chi connectivity index (χ2n) is 7.02. The van der Waals surface area contributed by atoms with Crippen molar-refractivity contribution in [1.82, 2.24) is 9.80 Å². The summed E-state index contributed by atoms with van der Waals surface area (Å²) in [6.07, 6.45) is 0. The SMILES string of the molecule is O=C(c1ccc([N+](=O)[O-])s1)N1CCN(C(=O)c2ccccc2Nc2ccccc2)CC1. The zero-order valence-corrected chi connectivity index (χ0v) is 17.4. The number of benzene rings is 2. The molecule has 1 fully saturated rings. The normalized spacial score (nSPS) is 13.7. The van der Waals surface area contributed by atoms with E-state index in [-0.39, 0.29) is 16.8 Å². The number of hydrogen-bond donors (Lipinski definition) is 1. The number of nitrogens with one attached hydrogen (secondary N) is 1. The molecule has 2 amide bonds. The molecule has 158 valence electrons. The van der Waals surface area contributed by atoms with Crippen molar-refractivity contribution in [1.29, 1.82) is 0 Å². The monoisotopic (exact) mass is 436 g/mol. The van der Waals surface area contributed by atoms with Crippen LogP contribution in [0, 0.1) is 10.1 Å². The van der Waals surface area contributed by atoms with Gasteiger partial charge in [0.2, 0.25) is 0 Å². The zero-order chi connectivity index (χ0) is 21.8. The third-order valence-corrected chi connectivity index (χ3v) is 6.07. The fraction of sp³-hybridized carbons (Fsp3) is 0.182. The molecule has 0 spiro atoms. The second-order valence-corrected chi connectivity index (χ2v) is 8.08. The molecule has 4 rings (SSSR count). The van der Waals surface area contributed by atoms with Crippen LogP contribution >= 0.6 is 11.3 Å². The maximum Gasteiger partial charge on any atom is 0.324 e. The fourth-order valence-corrected chi connectivity index (χ4v) is 4.22. The van der Waals surface area contributed by atoms with Crippen LogP contribution in [0.2, 0.25) is 0 Å². The minimum absolute atomic E-state index is 0.0558. The quantitative estimate of drug-likeness (QED) is 0.482. The lowest BCUT2D eigenvalue weighted by atomic mass is 10.1. The molecule has 0 unspecified atom stereocenters. The summed E-state index contributed by atoms with van der Waals surface area (Å²) < 4.78 is 0. The van der Waals surface area contributed by atoms with Crippen LogP contribution in [0.15, 0.2) is 66.7 Å². The first-order chi connectivity index (χ1) is 15.0. The summed E-state index contributed by atoms with van der Waals surface area (Å²) in [7, 11) is 0. The van der Waals surface area contributed by atoms with Crippen LogP contribution in [0.4, 0.5) is 16.4 Å². The highest BCUT2D eigenvalue weighted by molar-refractivity contribution is 7.17. The molecule has 1 aliphatic rings. The highest BCUT2D eigenvalue weighted by Crippen LogP contribution is 2.26. The van der Waals surface area contributed by atoms with Gasteiger partial charge in [-0.15, -0.1) is 0 Å². The fourth-order valence-electron chi connectivity index (χ4n) is 3.44. The van der Waals surface area contributed by atoms with Crippen LogP contribution < -0.4 is 5.32 Å². The highest BCUT2D eigenvalue weighted by Gasteiger charge is 2.28. The van der Waals surface area contributed by atoms with E-state index in [9.17, 15) is 19.7 Å². The number of hydrogen-bond acceptors (Lipinski definition) is 6. The Kier molecular flexibility index (Phi) is 5.94. The Morgan fingerprint density at radius 1 is 0.839 bits per heavy atom. The Morgan fingerprint density at radius 2 is 1.45 bits per heavy atom. The van der Waals surface area contributed by atoms with E-state index in [0.29, 0.717) is 36.6 Å². The molecule has 2 aromatic carbocycles. The van der Waals surface area contributed by atoms with Crippen molar-refractivity contribution in [3.63, 3.8) is 0 Å². The molecule has 0 aliphatic carbocycles. The van der Waals surface area contributed by atoms with Gasteiger partial charge in [-0.05, 0) is 30.3 Å². The average Bonchev–Trinajstić information content (AvgIpc) is 3.30. The Bertz CT molecular complexity index is 1110. The predicted molar refractivity (Wildman–Crippen MR) is 119 cm³/mol. The van der Waals surface area contributed by atoms with Gasteiger partial charge in [0, 0.05) is 37.9 Å². The van der Waals surface area contributed by atoms with Gasteiger partial charge in [-0.2, -0.15) is 0 Å². The maximum absolute atomic E-state index is 13.1.